The molecule has 2 rings (SSSR count). The third-order valence-electron chi connectivity index (χ3n) is 3.06. The summed E-state index contributed by atoms with van der Waals surface area (Å²) in [6.45, 7) is 1.39. The van der Waals surface area contributed by atoms with Crippen LogP contribution in [-0.4, -0.2) is 12.1 Å². The van der Waals surface area contributed by atoms with Gasteiger partial charge in [-0.2, -0.15) is 0 Å². The van der Waals surface area contributed by atoms with Gasteiger partial charge in [-0.25, -0.2) is 8.78 Å². The predicted octanol–water partition coefficient (Wildman–Crippen LogP) is 2.90. The van der Waals surface area contributed by atoms with Gasteiger partial charge in [0.25, 0.3) is 0 Å². The van der Waals surface area contributed by atoms with Gasteiger partial charge in [-0.15, -0.1) is 0 Å². The number of rotatable bonds is 3. The molecular weight excluding hydrogens is 264 g/mol. The van der Waals surface area contributed by atoms with Crippen LogP contribution in [-0.2, 0) is 0 Å². The van der Waals surface area contributed by atoms with Gasteiger partial charge in [-0.3, -0.25) is 9.59 Å². The Labute approximate surface area is 114 Å². The van der Waals surface area contributed by atoms with Crippen molar-refractivity contribution in [3.8, 4) is 0 Å². The van der Waals surface area contributed by atoms with Crippen LogP contribution in [0.1, 0.15) is 31.8 Å². The number of halogens is 2. The Balaban J connectivity index is 2.57. The number of carbonyl (C=O) groups excluding carboxylic acids is 2. The molecule has 0 atom stereocenters. The number of hydrogen-bond donors (Lipinski definition) is 1. The first-order chi connectivity index (χ1) is 9.45. The van der Waals surface area contributed by atoms with Crippen molar-refractivity contribution in [1.82, 2.24) is 0 Å². The molecule has 0 saturated carbocycles. The smallest absolute Gasteiger partial charge is 0.196 e. The molecule has 0 bridgehead atoms. The Morgan fingerprint density at radius 2 is 1.80 bits per heavy atom. The lowest BCUT2D eigenvalue weighted by Gasteiger charge is -2.10. The SMILES string of the molecule is Cc1c(N)c(C=O)cc(C(=O)c2ccc(F)cc2)c1F. The van der Waals surface area contributed by atoms with E-state index in [0.29, 0.717) is 6.29 Å². The highest BCUT2D eigenvalue weighted by Gasteiger charge is 2.19. The van der Waals surface area contributed by atoms with E-state index in [-0.39, 0.29) is 27.9 Å². The summed E-state index contributed by atoms with van der Waals surface area (Å²) in [5.74, 6) is -1.90. The minimum atomic E-state index is -0.776. The molecule has 0 heterocycles. The van der Waals surface area contributed by atoms with E-state index in [1.807, 2.05) is 0 Å². The van der Waals surface area contributed by atoms with Gasteiger partial charge in [0.2, 0.25) is 0 Å². The van der Waals surface area contributed by atoms with Gasteiger partial charge >= 0.3 is 0 Å². The fourth-order valence-corrected chi connectivity index (χ4v) is 1.85. The molecule has 0 aliphatic rings. The lowest BCUT2D eigenvalue weighted by atomic mass is 9.97. The normalized spacial score (nSPS) is 10.3. The molecular formula is C15H11F2NO2. The molecule has 0 amide bonds. The predicted molar refractivity (Wildman–Crippen MR) is 70.8 cm³/mol. The molecule has 5 heteroatoms. The number of anilines is 1. The molecule has 2 N–H and O–H groups in total. The molecule has 3 nitrogen and oxygen atoms in total. The highest BCUT2D eigenvalue weighted by molar-refractivity contribution is 6.10. The third kappa shape index (κ3) is 2.30. The van der Waals surface area contributed by atoms with Gasteiger partial charge in [0.1, 0.15) is 11.6 Å². The molecule has 0 unspecified atom stereocenters. The molecule has 0 fully saturated rings. The summed E-state index contributed by atoms with van der Waals surface area (Å²) in [4.78, 5) is 23.1. The molecule has 0 saturated heterocycles. The number of nitrogens with two attached hydrogens (primary N) is 1. The van der Waals surface area contributed by atoms with E-state index >= 15 is 0 Å². The molecule has 102 valence electrons. The number of benzene rings is 2. The fraction of sp³-hybridized carbons (Fsp3) is 0.0667. The van der Waals surface area contributed by atoms with E-state index < -0.39 is 17.4 Å². The number of ketones is 1. The Kier molecular flexibility index (Phi) is 3.61. The lowest BCUT2D eigenvalue weighted by molar-refractivity contribution is 0.103. The minimum Gasteiger partial charge on any atom is -0.398 e. The molecule has 0 radical (unpaired) electrons. The first kappa shape index (κ1) is 13.9. The average Bonchev–Trinajstić information content (AvgIpc) is 2.45. The first-order valence-corrected chi connectivity index (χ1v) is 5.79. The summed E-state index contributed by atoms with van der Waals surface area (Å²) < 4.78 is 26.9. The second-order valence-electron chi connectivity index (χ2n) is 4.32. The zero-order valence-corrected chi connectivity index (χ0v) is 10.6. The molecule has 0 aliphatic heterocycles. The van der Waals surface area contributed by atoms with Crippen molar-refractivity contribution in [2.45, 2.75) is 6.92 Å². The largest absolute Gasteiger partial charge is 0.398 e. The van der Waals surface area contributed by atoms with Crippen LogP contribution >= 0.6 is 0 Å². The maximum atomic E-state index is 14.1. The van der Waals surface area contributed by atoms with E-state index in [1.54, 1.807) is 0 Å². The fourth-order valence-electron chi connectivity index (χ4n) is 1.85. The minimum absolute atomic E-state index is 0.00755. The van der Waals surface area contributed by atoms with Crippen LogP contribution in [0.25, 0.3) is 0 Å². The van der Waals surface area contributed by atoms with Gasteiger partial charge in [-0.05, 0) is 37.3 Å². The standard InChI is InChI=1S/C15H11F2NO2/c1-8-13(17)12(6-10(7-19)14(8)18)15(20)9-2-4-11(16)5-3-9/h2-7H,18H2,1H3. The summed E-state index contributed by atoms with van der Waals surface area (Å²) in [6.07, 6.45) is 0.462. The highest BCUT2D eigenvalue weighted by atomic mass is 19.1. The lowest BCUT2D eigenvalue weighted by Crippen LogP contribution is -2.09. The van der Waals surface area contributed by atoms with Crippen LogP contribution in [0.4, 0.5) is 14.5 Å². The molecule has 0 spiro atoms. The van der Waals surface area contributed by atoms with Crippen molar-refractivity contribution < 1.29 is 18.4 Å². The zero-order chi connectivity index (χ0) is 14.9. The van der Waals surface area contributed by atoms with E-state index in [4.69, 9.17) is 5.73 Å². The molecule has 0 aliphatic carbocycles. The third-order valence-corrected chi connectivity index (χ3v) is 3.06. The van der Waals surface area contributed by atoms with Crippen molar-refractivity contribution in [3.63, 3.8) is 0 Å². The number of hydrogen-bond acceptors (Lipinski definition) is 3. The summed E-state index contributed by atoms with van der Waals surface area (Å²) in [7, 11) is 0. The van der Waals surface area contributed by atoms with Crippen molar-refractivity contribution in [3.05, 3.63) is 64.2 Å². The zero-order valence-electron chi connectivity index (χ0n) is 10.6. The monoisotopic (exact) mass is 275 g/mol. The Morgan fingerprint density at radius 3 is 2.35 bits per heavy atom. The van der Waals surface area contributed by atoms with Gasteiger partial charge < -0.3 is 5.73 Å². The summed E-state index contributed by atoms with van der Waals surface area (Å²) in [5.41, 5.74) is 5.56. The second kappa shape index (κ2) is 5.21. The Bertz CT molecular complexity index is 694. The Morgan fingerprint density at radius 1 is 1.20 bits per heavy atom. The summed E-state index contributed by atoms with van der Waals surface area (Å²) in [6, 6.07) is 5.83. The van der Waals surface area contributed by atoms with Crippen molar-refractivity contribution in [2.24, 2.45) is 0 Å². The second-order valence-corrected chi connectivity index (χ2v) is 4.32. The van der Waals surface area contributed by atoms with E-state index in [2.05, 4.69) is 0 Å². The van der Waals surface area contributed by atoms with Crippen molar-refractivity contribution >= 4 is 17.8 Å². The quantitative estimate of drug-likeness (QED) is 0.532. The van der Waals surface area contributed by atoms with Gasteiger partial charge in [0.05, 0.1) is 5.56 Å². The van der Waals surface area contributed by atoms with Gasteiger partial charge in [-0.1, -0.05) is 0 Å². The Hall–Kier alpha value is -2.56. The molecule has 2 aromatic rings. The average molecular weight is 275 g/mol. The number of aldehydes is 1. The van der Waals surface area contributed by atoms with E-state index in [1.165, 1.54) is 19.1 Å². The number of carbonyl (C=O) groups is 2. The van der Waals surface area contributed by atoms with E-state index in [0.717, 1.165) is 18.2 Å². The topological polar surface area (TPSA) is 60.2 Å². The van der Waals surface area contributed by atoms with Crippen LogP contribution in [0.15, 0.2) is 30.3 Å². The highest BCUT2D eigenvalue weighted by Crippen LogP contribution is 2.24. The van der Waals surface area contributed by atoms with Crippen LogP contribution in [0.3, 0.4) is 0 Å². The summed E-state index contributed by atoms with van der Waals surface area (Å²) in [5, 5.41) is 0. The molecule has 0 aromatic heterocycles. The number of nitrogen functional groups attached to an aromatic ring is 1. The molecule has 20 heavy (non-hydrogen) atoms. The maximum absolute atomic E-state index is 14.1. The maximum Gasteiger partial charge on any atom is 0.196 e. The van der Waals surface area contributed by atoms with E-state index in [9.17, 15) is 18.4 Å². The molecule has 2 aromatic carbocycles. The van der Waals surface area contributed by atoms with Crippen LogP contribution in [0.2, 0.25) is 0 Å². The van der Waals surface area contributed by atoms with Crippen LogP contribution in [0, 0.1) is 18.6 Å². The van der Waals surface area contributed by atoms with Gasteiger partial charge in [0.15, 0.2) is 12.1 Å². The van der Waals surface area contributed by atoms with Crippen LogP contribution in [0.5, 0.6) is 0 Å². The van der Waals surface area contributed by atoms with Crippen molar-refractivity contribution in [1.29, 1.82) is 0 Å². The van der Waals surface area contributed by atoms with Crippen LogP contribution < -0.4 is 5.73 Å². The summed E-state index contributed by atoms with van der Waals surface area (Å²) >= 11 is 0. The van der Waals surface area contributed by atoms with Crippen molar-refractivity contribution in [2.75, 3.05) is 5.73 Å². The van der Waals surface area contributed by atoms with Gasteiger partial charge in [0, 0.05) is 22.4 Å². The first-order valence-electron chi connectivity index (χ1n) is 5.79.